The number of carbonyl (C=O) groups is 3. The lowest BCUT2D eigenvalue weighted by Crippen LogP contribution is -2.45. The molecule has 0 aromatic heterocycles. The molecular formula is C27H26N2O4. The van der Waals surface area contributed by atoms with E-state index in [0.29, 0.717) is 24.2 Å². The van der Waals surface area contributed by atoms with E-state index in [-0.39, 0.29) is 17.9 Å². The van der Waals surface area contributed by atoms with Gasteiger partial charge in [-0.2, -0.15) is 0 Å². The van der Waals surface area contributed by atoms with Crippen molar-refractivity contribution in [3.8, 4) is 0 Å². The first-order chi connectivity index (χ1) is 15.9. The smallest absolute Gasteiger partial charge is 0.339 e. The third kappa shape index (κ3) is 5.12. The van der Waals surface area contributed by atoms with Gasteiger partial charge in [0, 0.05) is 25.6 Å². The highest BCUT2D eigenvalue weighted by Gasteiger charge is 2.35. The number of hydrogen-bond acceptors (Lipinski definition) is 4. The summed E-state index contributed by atoms with van der Waals surface area (Å²) in [5.41, 5.74) is 3.82. The predicted molar refractivity (Wildman–Crippen MR) is 126 cm³/mol. The Labute approximate surface area is 193 Å². The minimum Gasteiger partial charge on any atom is -0.448 e. The van der Waals surface area contributed by atoms with Gasteiger partial charge in [0.15, 0.2) is 6.10 Å². The number of cyclic esters (lactones) is 1. The average Bonchev–Trinajstić information content (AvgIpc) is 2.82. The van der Waals surface area contributed by atoms with Crippen LogP contribution in [0.1, 0.15) is 46.9 Å². The van der Waals surface area contributed by atoms with Crippen molar-refractivity contribution in [1.82, 2.24) is 4.90 Å². The molecule has 1 aliphatic rings. The van der Waals surface area contributed by atoms with Gasteiger partial charge in [-0.15, -0.1) is 0 Å². The standard InChI is InChI=1S/C27H26N2O4/c1-18(21-12-8-13-23(15-21)28-19(2)30)29(17-20-9-4-3-5-10-20)26(31)25-16-22-11-6-7-14-24(22)27(32)33-25/h3-15,18,25H,16-17H2,1-2H3,(H,28,30)/t18-,25+/m0/s1. The van der Waals surface area contributed by atoms with E-state index in [1.807, 2.05) is 67.6 Å². The van der Waals surface area contributed by atoms with Crippen LogP contribution in [0.25, 0.3) is 0 Å². The summed E-state index contributed by atoms with van der Waals surface area (Å²) in [7, 11) is 0. The van der Waals surface area contributed by atoms with Gasteiger partial charge in [-0.05, 0) is 41.8 Å². The summed E-state index contributed by atoms with van der Waals surface area (Å²) in [5, 5.41) is 2.79. The number of fused-ring (bicyclic) bond motifs is 1. The van der Waals surface area contributed by atoms with Crippen molar-refractivity contribution in [3.63, 3.8) is 0 Å². The van der Waals surface area contributed by atoms with Crippen LogP contribution in [0.5, 0.6) is 0 Å². The molecule has 6 heteroatoms. The Morgan fingerprint density at radius 1 is 1.03 bits per heavy atom. The monoisotopic (exact) mass is 442 g/mol. The molecule has 0 bridgehead atoms. The van der Waals surface area contributed by atoms with Gasteiger partial charge < -0.3 is 15.0 Å². The van der Waals surface area contributed by atoms with Crippen LogP contribution >= 0.6 is 0 Å². The molecule has 4 rings (SSSR count). The molecule has 0 saturated heterocycles. The lowest BCUT2D eigenvalue weighted by Gasteiger charge is -2.34. The second-order valence-corrected chi connectivity index (χ2v) is 8.19. The number of benzene rings is 3. The number of esters is 1. The highest BCUT2D eigenvalue weighted by Crippen LogP contribution is 2.29. The Morgan fingerprint density at radius 2 is 1.76 bits per heavy atom. The first-order valence-corrected chi connectivity index (χ1v) is 10.9. The maximum atomic E-state index is 13.7. The van der Waals surface area contributed by atoms with Gasteiger partial charge in [-0.25, -0.2) is 4.79 Å². The van der Waals surface area contributed by atoms with Crippen LogP contribution in [0.15, 0.2) is 78.9 Å². The SMILES string of the molecule is CC(=O)Nc1cccc([C@H](C)N(Cc2ccccc2)C(=O)[C@H]2Cc3ccccc3C(=O)O2)c1. The first kappa shape index (κ1) is 22.3. The molecule has 2 amide bonds. The fraction of sp³-hybridized carbons (Fsp3) is 0.222. The zero-order valence-electron chi connectivity index (χ0n) is 18.7. The third-order valence-electron chi connectivity index (χ3n) is 5.80. The zero-order chi connectivity index (χ0) is 23.4. The number of hydrogen-bond donors (Lipinski definition) is 1. The molecule has 1 aliphatic heterocycles. The van der Waals surface area contributed by atoms with Crippen LogP contribution < -0.4 is 5.32 Å². The van der Waals surface area contributed by atoms with Gasteiger partial charge in [0.25, 0.3) is 5.91 Å². The van der Waals surface area contributed by atoms with E-state index in [1.165, 1.54) is 6.92 Å². The summed E-state index contributed by atoms with van der Waals surface area (Å²) >= 11 is 0. The van der Waals surface area contributed by atoms with Gasteiger partial charge in [0.1, 0.15) is 0 Å². The van der Waals surface area contributed by atoms with Crippen molar-refractivity contribution in [3.05, 3.63) is 101 Å². The fourth-order valence-corrected chi connectivity index (χ4v) is 4.10. The quantitative estimate of drug-likeness (QED) is 0.570. The Hall–Kier alpha value is -3.93. The van der Waals surface area contributed by atoms with Gasteiger partial charge in [-0.1, -0.05) is 60.7 Å². The number of anilines is 1. The molecule has 3 aromatic carbocycles. The van der Waals surface area contributed by atoms with Crippen molar-refractivity contribution >= 4 is 23.5 Å². The van der Waals surface area contributed by atoms with Crippen molar-refractivity contribution in [2.45, 2.75) is 39.0 Å². The van der Waals surface area contributed by atoms with Crippen LogP contribution in [-0.4, -0.2) is 28.8 Å². The van der Waals surface area contributed by atoms with Crippen LogP contribution in [0.4, 0.5) is 5.69 Å². The van der Waals surface area contributed by atoms with Gasteiger partial charge in [0.2, 0.25) is 5.91 Å². The van der Waals surface area contributed by atoms with E-state index in [1.54, 1.807) is 23.1 Å². The van der Waals surface area contributed by atoms with E-state index >= 15 is 0 Å². The molecule has 168 valence electrons. The maximum absolute atomic E-state index is 13.7. The van der Waals surface area contributed by atoms with E-state index in [0.717, 1.165) is 16.7 Å². The normalized spacial score (nSPS) is 15.7. The second kappa shape index (κ2) is 9.69. The molecule has 0 spiro atoms. The van der Waals surface area contributed by atoms with Crippen LogP contribution in [0, 0.1) is 0 Å². The molecule has 2 atom stereocenters. The summed E-state index contributed by atoms with van der Waals surface area (Å²) in [6.07, 6.45) is -0.554. The number of carbonyl (C=O) groups excluding carboxylic acids is 3. The Kier molecular flexibility index (Phi) is 6.54. The summed E-state index contributed by atoms with van der Waals surface area (Å²) in [6, 6.07) is 24.0. The third-order valence-corrected chi connectivity index (χ3v) is 5.80. The molecule has 0 fully saturated rings. The highest BCUT2D eigenvalue weighted by molar-refractivity contribution is 5.96. The van der Waals surface area contributed by atoms with E-state index in [9.17, 15) is 14.4 Å². The Morgan fingerprint density at radius 3 is 2.52 bits per heavy atom. The first-order valence-electron chi connectivity index (χ1n) is 10.9. The predicted octanol–water partition coefficient (Wildman–Crippen LogP) is 4.52. The van der Waals surface area contributed by atoms with Gasteiger partial charge >= 0.3 is 5.97 Å². The molecule has 1 heterocycles. The largest absolute Gasteiger partial charge is 0.448 e. The van der Waals surface area contributed by atoms with E-state index < -0.39 is 12.1 Å². The summed E-state index contributed by atoms with van der Waals surface area (Å²) < 4.78 is 5.57. The lowest BCUT2D eigenvalue weighted by molar-refractivity contribution is -0.144. The van der Waals surface area contributed by atoms with Gasteiger partial charge in [0.05, 0.1) is 11.6 Å². The molecule has 6 nitrogen and oxygen atoms in total. The summed E-state index contributed by atoms with van der Waals surface area (Å²) in [4.78, 5) is 39.5. The fourth-order valence-electron chi connectivity index (χ4n) is 4.10. The molecular weight excluding hydrogens is 416 g/mol. The minimum atomic E-state index is -0.892. The average molecular weight is 443 g/mol. The molecule has 0 unspecified atom stereocenters. The number of rotatable bonds is 6. The zero-order valence-corrected chi connectivity index (χ0v) is 18.7. The molecule has 33 heavy (non-hydrogen) atoms. The molecule has 3 aromatic rings. The number of nitrogens with one attached hydrogen (secondary N) is 1. The van der Waals surface area contributed by atoms with Crippen LogP contribution in [0.3, 0.4) is 0 Å². The summed E-state index contributed by atoms with van der Waals surface area (Å²) in [6.45, 7) is 3.75. The number of ether oxygens (including phenoxy) is 1. The highest BCUT2D eigenvalue weighted by atomic mass is 16.5. The van der Waals surface area contributed by atoms with Crippen molar-refractivity contribution < 1.29 is 19.1 Å². The maximum Gasteiger partial charge on any atom is 0.339 e. The van der Waals surface area contributed by atoms with Gasteiger partial charge in [-0.3, -0.25) is 9.59 Å². The number of amides is 2. The Balaban J connectivity index is 1.64. The topological polar surface area (TPSA) is 75.7 Å². The Bertz CT molecular complexity index is 1180. The second-order valence-electron chi connectivity index (χ2n) is 8.19. The van der Waals surface area contributed by atoms with E-state index in [2.05, 4.69) is 5.32 Å². The van der Waals surface area contributed by atoms with Crippen molar-refractivity contribution in [1.29, 1.82) is 0 Å². The molecule has 0 saturated carbocycles. The molecule has 0 aliphatic carbocycles. The van der Waals surface area contributed by atoms with Crippen molar-refractivity contribution in [2.75, 3.05) is 5.32 Å². The minimum absolute atomic E-state index is 0.162. The molecule has 1 N–H and O–H groups in total. The van der Waals surface area contributed by atoms with Crippen LogP contribution in [-0.2, 0) is 27.3 Å². The number of nitrogens with zero attached hydrogens (tertiary/aromatic N) is 1. The van der Waals surface area contributed by atoms with Crippen LogP contribution in [0.2, 0.25) is 0 Å². The van der Waals surface area contributed by atoms with Crippen molar-refractivity contribution in [2.24, 2.45) is 0 Å². The van der Waals surface area contributed by atoms with E-state index in [4.69, 9.17) is 4.74 Å². The summed E-state index contributed by atoms with van der Waals surface area (Å²) in [5.74, 6) is -0.890. The lowest BCUT2D eigenvalue weighted by atomic mass is 9.97. The molecule has 0 radical (unpaired) electrons.